The zero-order chi connectivity index (χ0) is 15.1. The van der Waals surface area contributed by atoms with E-state index in [4.69, 9.17) is 9.47 Å². The third-order valence-electron chi connectivity index (χ3n) is 3.48. The van der Waals surface area contributed by atoms with Gasteiger partial charge in [-0.25, -0.2) is 0 Å². The van der Waals surface area contributed by atoms with Gasteiger partial charge in [-0.3, -0.25) is 4.98 Å². The lowest BCUT2D eigenvalue weighted by Gasteiger charge is -2.15. The summed E-state index contributed by atoms with van der Waals surface area (Å²) in [5.74, 6) is 1.85. The quantitative estimate of drug-likeness (QED) is 0.849. The van der Waals surface area contributed by atoms with Crippen LogP contribution in [-0.4, -0.2) is 25.7 Å². The minimum Gasteiger partial charge on any atom is -0.493 e. The van der Waals surface area contributed by atoms with Gasteiger partial charge in [0.1, 0.15) is 0 Å². The second-order valence-electron chi connectivity index (χ2n) is 4.94. The molecule has 1 atom stereocenters. The van der Waals surface area contributed by atoms with Crippen LogP contribution in [-0.2, 0) is 6.54 Å². The van der Waals surface area contributed by atoms with Crippen LogP contribution < -0.4 is 14.8 Å². The fourth-order valence-electron chi connectivity index (χ4n) is 2.28. The molecule has 4 nitrogen and oxygen atoms in total. The van der Waals surface area contributed by atoms with Gasteiger partial charge < -0.3 is 14.8 Å². The first-order chi connectivity index (χ1) is 10.3. The lowest BCUT2D eigenvalue weighted by molar-refractivity contribution is 0.348. The number of hydrogen-bond donors (Lipinski definition) is 1. The molecule has 4 heteroatoms. The molecule has 0 spiro atoms. The molecule has 0 radical (unpaired) electrons. The van der Waals surface area contributed by atoms with Crippen LogP contribution in [0.15, 0.2) is 42.6 Å². The molecule has 1 N–H and O–H groups in total. The van der Waals surface area contributed by atoms with Gasteiger partial charge in [-0.05, 0) is 11.5 Å². The first kappa shape index (κ1) is 15.3. The van der Waals surface area contributed by atoms with E-state index in [1.165, 1.54) is 5.56 Å². The topological polar surface area (TPSA) is 43.4 Å². The van der Waals surface area contributed by atoms with Crippen molar-refractivity contribution in [3.63, 3.8) is 0 Å². The third kappa shape index (κ3) is 3.95. The van der Waals surface area contributed by atoms with Crippen LogP contribution >= 0.6 is 0 Å². The van der Waals surface area contributed by atoms with Crippen LogP contribution in [0, 0.1) is 0 Å². The van der Waals surface area contributed by atoms with Crippen molar-refractivity contribution in [2.24, 2.45) is 0 Å². The molecule has 0 aliphatic carbocycles. The van der Waals surface area contributed by atoms with Crippen molar-refractivity contribution in [3.05, 3.63) is 53.9 Å². The van der Waals surface area contributed by atoms with Crippen molar-refractivity contribution < 1.29 is 9.47 Å². The van der Waals surface area contributed by atoms with E-state index >= 15 is 0 Å². The summed E-state index contributed by atoms with van der Waals surface area (Å²) in [7, 11) is 3.27. The Labute approximate surface area is 126 Å². The normalized spacial score (nSPS) is 12.0. The van der Waals surface area contributed by atoms with Gasteiger partial charge >= 0.3 is 0 Å². The molecular weight excluding hydrogens is 264 g/mol. The van der Waals surface area contributed by atoms with Gasteiger partial charge in [-0.2, -0.15) is 0 Å². The third-order valence-corrected chi connectivity index (χ3v) is 3.48. The van der Waals surface area contributed by atoms with E-state index in [0.717, 1.165) is 12.2 Å². The standard InChI is InChI=1S/C17H22N2O2/c1-13(14-7-5-4-6-8-14)11-18-12-15-17(21-3)16(20-2)9-10-19-15/h4-10,13,18H,11-12H2,1-3H3. The molecule has 1 unspecified atom stereocenters. The van der Waals surface area contributed by atoms with Crippen LogP contribution in [0.25, 0.3) is 0 Å². The Morgan fingerprint density at radius 3 is 2.52 bits per heavy atom. The second-order valence-corrected chi connectivity index (χ2v) is 4.94. The summed E-state index contributed by atoms with van der Waals surface area (Å²) in [5, 5.41) is 3.43. The fourth-order valence-corrected chi connectivity index (χ4v) is 2.28. The molecule has 1 aromatic carbocycles. The number of aromatic nitrogens is 1. The molecule has 2 aromatic rings. The highest BCUT2D eigenvalue weighted by atomic mass is 16.5. The predicted octanol–water partition coefficient (Wildman–Crippen LogP) is 2.99. The average Bonchev–Trinajstić information content (AvgIpc) is 2.55. The molecule has 112 valence electrons. The van der Waals surface area contributed by atoms with E-state index in [9.17, 15) is 0 Å². The zero-order valence-electron chi connectivity index (χ0n) is 12.8. The predicted molar refractivity (Wildman–Crippen MR) is 83.9 cm³/mol. The SMILES string of the molecule is COc1ccnc(CNCC(C)c2ccccc2)c1OC. The smallest absolute Gasteiger partial charge is 0.183 e. The summed E-state index contributed by atoms with van der Waals surface area (Å²) in [6.07, 6.45) is 1.74. The summed E-state index contributed by atoms with van der Waals surface area (Å²) in [6.45, 7) is 3.74. The van der Waals surface area contributed by atoms with Crippen molar-refractivity contribution in [3.8, 4) is 11.5 Å². The highest BCUT2D eigenvalue weighted by Crippen LogP contribution is 2.28. The van der Waals surface area contributed by atoms with E-state index in [-0.39, 0.29) is 0 Å². The minimum atomic E-state index is 0.447. The van der Waals surface area contributed by atoms with Crippen LogP contribution in [0.4, 0.5) is 0 Å². The number of nitrogens with one attached hydrogen (secondary N) is 1. The molecular formula is C17H22N2O2. The van der Waals surface area contributed by atoms with Gasteiger partial charge in [0, 0.05) is 25.4 Å². The molecule has 0 aliphatic heterocycles. The van der Waals surface area contributed by atoms with E-state index < -0.39 is 0 Å². The molecule has 1 heterocycles. The fraction of sp³-hybridized carbons (Fsp3) is 0.353. The lowest BCUT2D eigenvalue weighted by atomic mass is 10.0. The molecule has 1 aromatic heterocycles. The van der Waals surface area contributed by atoms with Crippen molar-refractivity contribution in [2.45, 2.75) is 19.4 Å². The number of rotatable bonds is 7. The number of hydrogen-bond acceptors (Lipinski definition) is 4. The van der Waals surface area contributed by atoms with Gasteiger partial charge in [0.2, 0.25) is 0 Å². The first-order valence-corrected chi connectivity index (χ1v) is 7.07. The van der Waals surface area contributed by atoms with Crippen LogP contribution in [0.3, 0.4) is 0 Å². The summed E-state index contributed by atoms with van der Waals surface area (Å²) < 4.78 is 10.7. The Morgan fingerprint density at radius 2 is 1.86 bits per heavy atom. The van der Waals surface area contributed by atoms with E-state index in [1.54, 1.807) is 26.5 Å². The van der Waals surface area contributed by atoms with Crippen molar-refractivity contribution >= 4 is 0 Å². The van der Waals surface area contributed by atoms with Crippen molar-refractivity contribution in [1.29, 1.82) is 0 Å². The second kappa shape index (κ2) is 7.64. The number of methoxy groups -OCH3 is 2. The number of nitrogens with zero attached hydrogens (tertiary/aromatic N) is 1. The zero-order valence-corrected chi connectivity index (χ0v) is 12.8. The Kier molecular flexibility index (Phi) is 5.58. The maximum Gasteiger partial charge on any atom is 0.183 e. The summed E-state index contributed by atoms with van der Waals surface area (Å²) in [5.41, 5.74) is 2.19. The average molecular weight is 286 g/mol. The van der Waals surface area contributed by atoms with Gasteiger partial charge in [0.05, 0.1) is 19.9 Å². The van der Waals surface area contributed by atoms with Crippen molar-refractivity contribution in [1.82, 2.24) is 10.3 Å². The monoisotopic (exact) mass is 286 g/mol. The number of pyridine rings is 1. The molecule has 0 amide bonds. The highest BCUT2D eigenvalue weighted by molar-refractivity contribution is 5.42. The van der Waals surface area contributed by atoms with Crippen molar-refractivity contribution in [2.75, 3.05) is 20.8 Å². The van der Waals surface area contributed by atoms with E-state index in [2.05, 4.69) is 41.5 Å². The molecule has 0 bridgehead atoms. The largest absolute Gasteiger partial charge is 0.493 e. The van der Waals surface area contributed by atoms with E-state index in [0.29, 0.717) is 24.0 Å². The first-order valence-electron chi connectivity index (χ1n) is 7.07. The Hall–Kier alpha value is -2.07. The summed E-state index contributed by atoms with van der Waals surface area (Å²) in [4.78, 5) is 4.36. The Morgan fingerprint density at radius 1 is 1.10 bits per heavy atom. The molecule has 0 saturated heterocycles. The molecule has 0 fully saturated rings. The van der Waals surface area contributed by atoms with Crippen LogP contribution in [0.5, 0.6) is 11.5 Å². The molecule has 21 heavy (non-hydrogen) atoms. The maximum atomic E-state index is 5.38. The number of benzene rings is 1. The van der Waals surface area contributed by atoms with Gasteiger partial charge in [-0.15, -0.1) is 0 Å². The van der Waals surface area contributed by atoms with Gasteiger partial charge in [0.25, 0.3) is 0 Å². The maximum absolute atomic E-state index is 5.38. The molecule has 0 saturated carbocycles. The van der Waals surface area contributed by atoms with Crippen LogP contribution in [0.1, 0.15) is 24.1 Å². The molecule has 0 aliphatic rings. The summed E-state index contributed by atoms with van der Waals surface area (Å²) in [6, 6.07) is 12.3. The molecule has 2 rings (SSSR count). The van der Waals surface area contributed by atoms with E-state index in [1.807, 2.05) is 6.07 Å². The van der Waals surface area contributed by atoms with Crippen LogP contribution in [0.2, 0.25) is 0 Å². The van der Waals surface area contributed by atoms with Gasteiger partial charge in [0.15, 0.2) is 11.5 Å². The van der Waals surface area contributed by atoms with Gasteiger partial charge in [-0.1, -0.05) is 37.3 Å². The highest BCUT2D eigenvalue weighted by Gasteiger charge is 2.11. The number of ether oxygens (including phenoxy) is 2. The summed E-state index contributed by atoms with van der Waals surface area (Å²) >= 11 is 0. The lowest BCUT2D eigenvalue weighted by Crippen LogP contribution is -2.20. The Balaban J connectivity index is 1.95. The minimum absolute atomic E-state index is 0.447. The Bertz CT molecular complexity index is 558.